The van der Waals surface area contributed by atoms with Crippen molar-refractivity contribution in [2.75, 3.05) is 19.6 Å². The summed E-state index contributed by atoms with van der Waals surface area (Å²) in [5, 5.41) is 6.99. The van der Waals surface area contributed by atoms with Crippen LogP contribution in [-0.4, -0.2) is 25.7 Å². The van der Waals surface area contributed by atoms with Crippen molar-refractivity contribution in [2.45, 2.75) is 33.7 Å². The van der Waals surface area contributed by atoms with E-state index in [0.717, 1.165) is 25.6 Å². The van der Waals surface area contributed by atoms with E-state index in [9.17, 15) is 0 Å². The third-order valence-corrected chi connectivity index (χ3v) is 3.04. The van der Waals surface area contributed by atoms with E-state index in [2.05, 4.69) is 38.3 Å². The second-order valence-electron chi connectivity index (χ2n) is 4.92. The molecule has 0 aromatic carbocycles. The van der Waals surface area contributed by atoms with Crippen LogP contribution in [0.2, 0.25) is 0 Å². The van der Waals surface area contributed by atoms with Crippen LogP contribution >= 0.6 is 0 Å². The maximum absolute atomic E-state index is 3.56. The van der Waals surface area contributed by atoms with Crippen molar-refractivity contribution in [1.29, 1.82) is 0 Å². The number of hydrogen-bond acceptors (Lipinski definition) is 2. The van der Waals surface area contributed by atoms with E-state index in [1.807, 2.05) is 0 Å². The van der Waals surface area contributed by atoms with Gasteiger partial charge in [0, 0.05) is 25.7 Å². The molecule has 0 aromatic rings. The van der Waals surface area contributed by atoms with Crippen molar-refractivity contribution in [3.05, 3.63) is 0 Å². The Balaban J connectivity index is 2.45. The van der Waals surface area contributed by atoms with Crippen LogP contribution in [0, 0.1) is 11.3 Å². The summed E-state index contributed by atoms with van der Waals surface area (Å²) >= 11 is 0. The molecule has 2 atom stereocenters. The normalized spacial score (nSPS) is 28.5. The van der Waals surface area contributed by atoms with Crippen molar-refractivity contribution in [1.82, 2.24) is 10.6 Å². The topological polar surface area (TPSA) is 24.1 Å². The van der Waals surface area contributed by atoms with Gasteiger partial charge in [-0.2, -0.15) is 0 Å². The molecule has 0 aliphatic carbocycles. The number of piperazine rings is 1. The van der Waals surface area contributed by atoms with Crippen LogP contribution in [0.1, 0.15) is 27.7 Å². The lowest BCUT2D eigenvalue weighted by molar-refractivity contribution is 0.182. The van der Waals surface area contributed by atoms with E-state index in [1.54, 1.807) is 0 Å². The Morgan fingerprint density at radius 1 is 1.25 bits per heavy atom. The van der Waals surface area contributed by atoms with Gasteiger partial charge in [-0.1, -0.05) is 27.7 Å². The van der Waals surface area contributed by atoms with Crippen molar-refractivity contribution in [2.24, 2.45) is 11.3 Å². The molecule has 0 spiro atoms. The second-order valence-corrected chi connectivity index (χ2v) is 4.92. The van der Waals surface area contributed by atoms with Gasteiger partial charge in [-0.15, -0.1) is 0 Å². The van der Waals surface area contributed by atoms with Crippen LogP contribution in [-0.2, 0) is 0 Å². The van der Waals surface area contributed by atoms with Crippen LogP contribution in [0.3, 0.4) is 0 Å². The molecule has 1 heterocycles. The Morgan fingerprint density at radius 3 is 2.33 bits per heavy atom. The summed E-state index contributed by atoms with van der Waals surface area (Å²) in [6.45, 7) is 12.6. The number of hydrogen-bond donors (Lipinski definition) is 2. The summed E-state index contributed by atoms with van der Waals surface area (Å²) < 4.78 is 0. The Bertz CT molecular complexity index is 131. The Labute approximate surface area is 76.1 Å². The molecule has 0 radical (unpaired) electrons. The highest BCUT2D eigenvalue weighted by molar-refractivity contribution is 4.85. The minimum absolute atomic E-state index is 0.413. The van der Waals surface area contributed by atoms with E-state index < -0.39 is 0 Å². The molecular weight excluding hydrogens is 148 g/mol. The van der Waals surface area contributed by atoms with E-state index in [4.69, 9.17) is 0 Å². The first kappa shape index (κ1) is 10.0. The molecular formula is C10H22N2. The molecule has 0 bridgehead atoms. The summed E-state index contributed by atoms with van der Waals surface area (Å²) in [6, 6.07) is 0.652. The highest BCUT2D eigenvalue weighted by Gasteiger charge is 2.28. The van der Waals surface area contributed by atoms with Crippen molar-refractivity contribution in [3.63, 3.8) is 0 Å². The first-order chi connectivity index (χ1) is 5.52. The summed E-state index contributed by atoms with van der Waals surface area (Å²) in [5.74, 6) is 0.727. The zero-order valence-corrected chi connectivity index (χ0v) is 8.78. The molecule has 1 fully saturated rings. The van der Waals surface area contributed by atoms with Crippen molar-refractivity contribution >= 4 is 0 Å². The van der Waals surface area contributed by atoms with Gasteiger partial charge in [0.2, 0.25) is 0 Å². The first-order valence-corrected chi connectivity index (χ1v) is 4.96. The lowest BCUT2D eigenvalue weighted by atomic mass is 9.77. The molecule has 0 amide bonds. The quantitative estimate of drug-likeness (QED) is 0.618. The molecule has 1 aliphatic heterocycles. The fraction of sp³-hybridized carbons (Fsp3) is 1.00. The van der Waals surface area contributed by atoms with Crippen LogP contribution < -0.4 is 10.6 Å². The molecule has 72 valence electrons. The van der Waals surface area contributed by atoms with Gasteiger partial charge < -0.3 is 10.6 Å². The lowest BCUT2D eigenvalue weighted by Gasteiger charge is -2.37. The molecule has 0 saturated carbocycles. The van der Waals surface area contributed by atoms with Crippen molar-refractivity contribution in [3.8, 4) is 0 Å². The highest BCUT2D eigenvalue weighted by Crippen LogP contribution is 2.28. The third-order valence-electron chi connectivity index (χ3n) is 3.04. The average Bonchev–Trinajstić information content (AvgIpc) is 2.03. The van der Waals surface area contributed by atoms with Crippen LogP contribution in [0.25, 0.3) is 0 Å². The average molecular weight is 170 g/mol. The minimum atomic E-state index is 0.413. The summed E-state index contributed by atoms with van der Waals surface area (Å²) in [7, 11) is 0. The molecule has 12 heavy (non-hydrogen) atoms. The lowest BCUT2D eigenvalue weighted by Crippen LogP contribution is -2.53. The molecule has 2 N–H and O–H groups in total. The van der Waals surface area contributed by atoms with Crippen LogP contribution in [0.4, 0.5) is 0 Å². The highest BCUT2D eigenvalue weighted by atomic mass is 15.1. The number of nitrogens with one attached hydrogen (secondary N) is 2. The van der Waals surface area contributed by atoms with Gasteiger partial charge in [0.1, 0.15) is 0 Å². The Morgan fingerprint density at radius 2 is 1.92 bits per heavy atom. The maximum Gasteiger partial charge on any atom is 0.0223 e. The third kappa shape index (κ3) is 2.46. The SMILES string of the molecule is CC([C@H]1CNCCN1)C(C)(C)C. The van der Waals surface area contributed by atoms with Gasteiger partial charge in [-0.05, 0) is 11.3 Å². The second kappa shape index (κ2) is 3.75. The summed E-state index contributed by atoms with van der Waals surface area (Å²) in [6.07, 6.45) is 0. The predicted molar refractivity (Wildman–Crippen MR) is 53.3 cm³/mol. The van der Waals surface area contributed by atoms with E-state index in [-0.39, 0.29) is 0 Å². The molecule has 1 saturated heterocycles. The van der Waals surface area contributed by atoms with E-state index in [1.165, 1.54) is 0 Å². The van der Waals surface area contributed by atoms with Gasteiger partial charge in [-0.3, -0.25) is 0 Å². The molecule has 1 rings (SSSR count). The standard InChI is InChI=1S/C10H22N2/c1-8(10(2,3)4)9-7-11-5-6-12-9/h8-9,11-12H,5-7H2,1-4H3/t8?,9-/m1/s1. The zero-order chi connectivity index (χ0) is 9.19. The molecule has 1 unspecified atom stereocenters. The van der Waals surface area contributed by atoms with Gasteiger partial charge in [0.25, 0.3) is 0 Å². The monoisotopic (exact) mass is 170 g/mol. The fourth-order valence-electron chi connectivity index (χ4n) is 1.63. The minimum Gasteiger partial charge on any atom is -0.314 e. The maximum atomic E-state index is 3.56. The molecule has 0 aromatic heterocycles. The zero-order valence-electron chi connectivity index (χ0n) is 8.78. The Hall–Kier alpha value is -0.0800. The summed E-state index contributed by atoms with van der Waals surface area (Å²) in [4.78, 5) is 0. The Kier molecular flexibility index (Phi) is 3.13. The van der Waals surface area contributed by atoms with Crippen LogP contribution in [0.15, 0.2) is 0 Å². The smallest absolute Gasteiger partial charge is 0.0223 e. The largest absolute Gasteiger partial charge is 0.314 e. The first-order valence-electron chi connectivity index (χ1n) is 4.96. The molecule has 2 heteroatoms. The predicted octanol–water partition coefficient (Wildman–Crippen LogP) is 1.23. The summed E-state index contributed by atoms with van der Waals surface area (Å²) in [5.41, 5.74) is 0.413. The van der Waals surface area contributed by atoms with Gasteiger partial charge >= 0.3 is 0 Å². The van der Waals surface area contributed by atoms with Gasteiger partial charge in [0.05, 0.1) is 0 Å². The number of rotatable bonds is 1. The van der Waals surface area contributed by atoms with E-state index >= 15 is 0 Å². The fourth-order valence-corrected chi connectivity index (χ4v) is 1.63. The van der Waals surface area contributed by atoms with E-state index in [0.29, 0.717) is 11.5 Å². The van der Waals surface area contributed by atoms with Crippen molar-refractivity contribution < 1.29 is 0 Å². The van der Waals surface area contributed by atoms with Crippen LogP contribution in [0.5, 0.6) is 0 Å². The van der Waals surface area contributed by atoms with Gasteiger partial charge in [0.15, 0.2) is 0 Å². The molecule has 2 nitrogen and oxygen atoms in total. The van der Waals surface area contributed by atoms with Gasteiger partial charge in [-0.25, -0.2) is 0 Å². The molecule has 1 aliphatic rings.